The fourth-order valence-electron chi connectivity index (χ4n) is 2.74. The molecule has 116 valence electrons. The van der Waals surface area contributed by atoms with Crippen LogP contribution in [-0.4, -0.2) is 21.1 Å². The van der Waals surface area contributed by atoms with Gasteiger partial charge in [0.15, 0.2) is 5.16 Å². The minimum Gasteiger partial charge on any atom is -0.282 e. The lowest BCUT2D eigenvalue weighted by Gasteiger charge is -2.13. The normalized spacial score (nSPS) is 16.7. The number of aryl methyl sites for hydroxylation is 1. The number of thioether (sulfide) groups is 2. The maximum Gasteiger partial charge on any atom is 0.262 e. The van der Waals surface area contributed by atoms with Gasteiger partial charge in [-0.3, -0.25) is 9.36 Å². The Morgan fingerprint density at radius 2 is 2.00 bits per heavy atom. The molecule has 0 fully saturated rings. The van der Waals surface area contributed by atoms with Gasteiger partial charge in [0.2, 0.25) is 0 Å². The predicted molar refractivity (Wildman–Crippen MR) is 97.7 cm³/mol. The molecule has 0 bridgehead atoms. The zero-order valence-corrected chi connectivity index (χ0v) is 14.4. The van der Waals surface area contributed by atoms with Gasteiger partial charge in [-0.25, -0.2) is 4.98 Å². The SMILES string of the molecule is Cc1ccc(SC[C@@H]2CSc3nc4ccccc4c(=O)n32)cc1. The molecular weight excluding hydrogens is 324 g/mol. The van der Waals surface area contributed by atoms with Crippen molar-refractivity contribution >= 4 is 34.4 Å². The van der Waals surface area contributed by atoms with E-state index in [1.165, 1.54) is 10.5 Å². The van der Waals surface area contributed by atoms with Crippen molar-refractivity contribution in [2.24, 2.45) is 0 Å². The predicted octanol–water partition coefficient (Wildman–Crippen LogP) is 4.14. The maximum absolute atomic E-state index is 12.8. The highest BCUT2D eigenvalue weighted by Gasteiger charge is 2.26. The van der Waals surface area contributed by atoms with E-state index in [0.29, 0.717) is 5.39 Å². The van der Waals surface area contributed by atoms with Crippen molar-refractivity contribution in [1.82, 2.24) is 9.55 Å². The molecule has 1 aromatic heterocycles. The van der Waals surface area contributed by atoms with Gasteiger partial charge >= 0.3 is 0 Å². The van der Waals surface area contributed by atoms with Crippen LogP contribution in [0.3, 0.4) is 0 Å². The fourth-order valence-corrected chi connectivity index (χ4v) is 5.02. The Hall–Kier alpha value is -1.72. The van der Waals surface area contributed by atoms with Crippen LogP contribution >= 0.6 is 23.5 Å². The molecule has 0 aliphatic carbocycles. The molecule has 0 amide bonds. The van der Waals surface area contributed by atoms with Crippen LogP contribution in [0.1, 0.15) is 11.6 Å². The number of hydrogen-bond acceptors (Lipinski definition) is 4. The van der Waals surface area contributed by atoms with Gasteiger partial charge in [-0.2, -0.15) is 0 Å². The Labute approximate surface area is 143 Å². The molecule has 1 atom stereocenters. The Morgan fingerprint density at radius 1 is 1.22 bits per heavy atom. The van der Waals surface area contributed by atoms with Crippen LogP contribution in [0.4, 0.5) is 0 Å². The van der Waals surface area contributed by atoms with Gasteiger partial charge in [0, 0.05) is 16.4 Å². The molecular formula is C18H16N2OS2. The Morgan fingerprint density at radius 3 is 2.83 bits per heavy atom. The Bertz CT molecular complexity index is 918. The molecule has 4 rings (SSSR count). The third-order valence-electron chi connectivity index (χ3n) is 4.01. The first-order valence-electron chi connectivity index (χ1n) is 7.56. The quantitative estimate of drug-likeness (QED) is 0.530. The summed E-state index contributed by atoms with van der Waals surface area (Å²) in [6.45, 7) is 2.09. The molecule has 5 heteroatoms. The summed E-state index contributed by atoms with van der Waals surface area (Å²) in [5.41, 5.74) is 2.15. The third kappa shape index (κ3) is 2.79. The Kier molecular flexibility index (Phi) is 3.91. The van der Waals surface area contributed by atoms with E-state index < -0.39 is 0 Å². The van der Waals surface area contributed by atoms with Crippen LogP contribution in [0.2, 0.25) is 0 Å². The lowest BCUT2D eigenvalue weighted by atomic mass is 10.2. The summed E-state index contributed by atoms with van der Waals surface area (Å²) in [7, 11) is 0. The van der Waals surface area contributed by atoms with Gasteiger partial charge in [0.05, 0.1) is 16.9 Å². The third-order valence-corrected chi connectivity index (χ3v) is 6.26. The smallest absolute Gasteiger partial charge is 0.262 e. The molecule has 0 unspecified atom stereocenters. The number of fused-ring (bicyclic) bond motifs is 2. The number of benzene rings is 2. The summed E-state index contributed by atoms with van der Waals surface area (Å²) in [5, 5.41) is 1.56. The highest BCUT2D eigenvalue weighted by molar-refractivity contribution is 8.00. The molecule has 0 saturated heterocycles. The first kappa shape index (κ1) is 14.8. The van der Waals surface area contributed by atoms with Gasteiger partial charge in [0.25, 0.3) is 5.56 Å². The highest BCUT2D eigenvalue weighted by Crippen LogP contribution is 2.34. The Balaban J connectivity index is 1.63. The van der Waals surface area contributed by atoms with Crippen molar-refractivity contribution in [1.29, 1.82) is 0 Å². The minimum absolute atomic E-state index is 0.0881. The van der Waals surface area contributed by atoms with Crippen LogP contribution in [0.5, 0.6) is 0 Å². The first-order valence-corrected chi connectivity index (χ1v) is 9.53. The number of hydrogen-bond donors (Lipinski definition) is 0. The number of para-hydroxylation sites is 1. The second-order valence-corrected chi connectivity index (χ2v) is 7.76. The van der Waals surface area contributed by atoms with Crippen molar-refractivity contribution in [2.45, 2.75) is 23.0 Å². The van der Waals surface area contributed by atoms with Crippen molar-refractivity contribution in [3.05, 3.63) is 64.4 Å². The van der Waals surface area contributed by atoms with Crippen molar-refractivity contribution in [3.63, 3.8) is 0 Å². The lowest BCUT2D eigenvalue weighted by molar-refractivity contribution is 0.558. The van der Waals surface area contributed by atoms with Crippen molar-refractivity contribution in [2.75, 3.05) is 11.5 Å². The molecule has 0 spiro atoms. The van der Waals surface area contributed by atoms with Gasteiger partial charge in [0.1, 0.15) is 0 Å². The monoisotopic (exact) mass is 340 g/mol. The second kappa shape index (κ2) is 6.06. The summed E-state index contributed by atoms with van der Waals surface area (Å²) in [5.74, 6) is 1.81. The van der Waals surface area contributed by atoms with Crippen LogP contribution < -0.4 is 5.56 Å². The molecule has 1 aliphatic heterocycles. The number of aromatic nitrogens is 2. The molecule has 2 heterocycles. The van der Waals surface area contributed by atoms with Crippen LogP contribution in [0, 0.1) is 6.92 Å². The molecule has 1 aliphatic rings. The largest absolute Gasteiger partial charge is 0.282 e. The van der Waals surface area contributed by atoms with E-state index in [1.54, 1.807) is 23.5 Å². The van der Waals surface area contributed by atoms with Crippen molar-refractivity contribution < 1.29 is 0 Å². The maximum atomic E-state index is 12.8. The fraction of sp³-hybridized carbons (Fsp3) is 0.222. The molecule has 2 aromatic carbocycles. The molecule has 23 heavy (non-hydrogen) atoms. The molecule has 3 nitrogen and oxygen atoms in total. The average molecular weight is 340 g/mol. The van der Waals surface area contributed by atoms with E-state index in [2.05, 4.69) is 36.2 Å². The lowest BCUT2D eigenvalue weighted by Crippen LogP contribution is -2.25. The zero-order valence-electron chi connectivity index (χ0n) is 12.7. The number of nitrogens with zero attached hydrogens (tertiary/aromatic N) is 2. The molecule has 0 radical (unpaired) electrons. The molecule has 3 aromatic rings. The van der Waals surface area contributed by atoms with Crippen LogP contribution in [-0.2, 0) is 0 Å². The summed E-state index contributed by atoms with van der Waals surface area (Å²) in [6, 6.07) is 16.3. The average Bonchev–Trinajstić information content (AvgIpc) is 2.98. The molecule has 0 saturated carbocycles. The highest BCUT2D eigenvalue weighted by atomic mass is 32.2. The zero-order chi connectivity index (χ0) is 15.8. The van der Waals surface area contributed by atoms with E-state index in [1.807, 2.05) is 28.8 Å². The summed E-state index contributed by atoms with van der Waals surface area (Å²) in [6.07, 6.45) is 0. The van der Waals surface area contributed by atoms with Crippen molar-refractivity contribution in [3.8, 4) is 0 Å². The van der Waals surface area contributed by atoms with E-state index in [0.717, 1.165) is 22.2 Å². The van der Waals surface area contributed by atoms with E-state index >= 15 is 0 Å². The number of rotatable bonds is 3. The van der Waals surface area contributed by atoms with Gasteiger partial charge < -0.3 is 0 Å². The standard InChI is InChI=1S/C18H16N2OS2/c1-12-6-8-14(9-7-12)22-10-13-11-23-18-19-16-5-3-2-4-15(16)17(21)20(13)18/h2-9,13H,10-11H2,1H3/t13-/m1/s1. The van der Waals surface area contributed by atoms with Gasteiger partial charge in [-0.15, -0.1) is 11.8 Å². The second-order valence-electron chi connectivity index (χ2n) is 5.68. The summed E-state index contributed by atoms with van der Waals surface area (Å²) >= 11 is 3.48. The van der Waals surface area contributed by atoms with E-state index in [-0.39, 0.29) is 11.6 Å². The van der Waals surface area contributed by atoms with Crippen LogP contribution in [0.25, 0.3) is 10.9 Å². The summed E-state index contributed by atoms with van der Waals surface area (Å²) in [4.78, 5) is 18.7. The van der Waals surface area contributed by atoms with Gasteiger partial charge in [-0.05, 0) is 31.2 Å². The van der Waals surface area contributed by atoms with E-state index in [4.69, 9.17) is 0 Å². The summed E-state index contributed by atoms with van der Waals surface area (Å²) < 4.78 is 1.88. The van der Waals surface area contributed by atoms with Crippen LogP contribution in [0.15, 0.2) is 63.4 Å². The topological polar surface area (TPSA) is 34.9 Å². The van der Waals surface area contributed by atoms with Gasteiger partial charge in [-0.1, -0.05) is 41.6 Å². The van der Waals surface area contributed by atoms with E-state index in [9.17, 15) is 4.79 Å². The molecule has 0 N–H and O–H groups in total. The minimum atomic E-state index is 0.0881. The first-order chi connectivity index (χ1) is 11.2.